The van der Waals surface area contributed by atoms with Crippen molar-refractivity contribution in [3.63, 3.8) is 0 Å². The van der Waals surface area contributed by atoms with Crippen LogP contribution < -0.4 is 5.32 Å². The molecule has 5 heteroatoms. The minimum atomic E-state index is 0.359. The molecule has 0 aliphatic carbocycles. The van der Waals surface area contributed by atoms with Crippen LogP contribution in [0.15, 0.2) is 21.3 Å². The maximum atomic E-state index is 4.54. The van der Waals surface area contributed by atoms with Gasteiger partial charge in [-0.05, 0) is 58.4 Å². The van der Waals surface area contributed by atoms with Crippen molar-refractivity contribution in [1.82, 2.24) is 15.1 Å². The summed E-state index contributed by atoms with van der Waals surface area (Å²) in [5, 5.41) is 10.4. The second-order valence-electron chi connectivity index (χ2n) is 5.00. The van der Waals surface area contributed by atoms with Crippen molar-refractivity contribution in [3.8, 4) is 0 Å². The zero-order valence-electron chi connectivity index (χ0n) is 12.3. The Labute approximate surface area is 133 Å². The molecule has 1 unspecified atom stereocenters. The number of halogens is 1. The van der Waals surface area contributed by atoms with Gasteiger partial charge in [-0.3, -0.25) is 4.68 Å². The topological polar surface area (TPSA) is 29.9 Å². The highest BCUT2D eigenvalue weighted by molar-refractivity contribution is 9.11. The van der Waals surface area contributed by atoms with E-state index in [1.807, 2.05) is 11.7 Å². The van der Waals surface area contributed by atoms with Crippen LogP contribution in [0, 0.1) is 0 Å². The average Bonchev–Trinajstić information content (AvgIpc) is 3.01. The van der Waals surface area contributed by atoms with Gasteiger partial charge in [0.15, 0.2) is 0 Å². The van der Waals surface area contributed by atoms with E-state index in [0.29, 0.717) is 6.04 Å². The Kier molecular flexibility index (Phi) is 5.81. The van der Waals surface area contributed by atoms with E-state index in [0.717, 1.165) is 25.8 Å². The van der Waals surface area contributed by atoms with Gasteiger partial charge in [0.25, 0.3) is 0 Å². The summed E-state index contributed by atoms with van der Waals surface area (Å²) >= 11 is 5.30. The first kappa shape index (κ1) is 15.7. The summed E-state index contributed by atoms with van der Waals surface area (Å²) in [4.78, 5) is 0. The average molecular weight is 356 g/mol. The molecule has 0 bridgehead atoms. The monoisotopic (exact) mass is 355 g/mol. The molecule has 0 amide bonds. The molecule has 1 atom stereocenters. The van der Waals surface area contributed by atoms with Gasteiger partial charge < -0.3 is 5.32 Å². The zero-order chi connectivity index (χ0) is 14.5. The molecule has 3 nitrogen and oxygen atoms in total. The maximum Gasteiger partial charge on any atom is 0.0701 e. The highest BCUT2D eigenvalue weighted by Gasteiger charge is 2.16. The second-order valence-corrected chi connectivity index (χ2v) is 7.29. The van der Waals surface area contributed by atoms with Crippen LogP contribution in [0.1, 0.15) is 43.3 Å². The fourth-order valence-electron chi connectivity index (χ4n) is 2.28. The van der Waals surface area contributed by atoms with Gasteiger partial charge in [0, 0.05) is 25.2 Å². The molecule has 0 radical (unpaired) electrons. The third-order valence-electron chi connectivity index (χ3n) is 3.43. The lowest BCUT2D eigenvalue weighted by Crippen LogP contribution is -2.24. The van der Waals surface area contributed by atoms with Crippen LogP contribution in [0.2, 0.25) is 0 Å². The van der Waals surface area contributed by atoms with E-state index in [-0.39, 0.29) is 0 Å². The van der Waals surface area contributed by atoms with Crippen molar-refractivity contribution < 1.29 is 0 Å². The highest BCUT2D eigenvalue weighted by atomic mass is 79.9. The molecular formula is C15H22BrN3S. The number of thiophene rings is 1. The predicted molar refractivity (Wildman–Crippen MR) is 89.3 cm³/mol. The second kappa shape index (κ2) is 7.38. The minimum Gasteiger partial charge on any atom is -0.310 e. The summed E-state index contributed by atoms with van der Waals surface area (Å²) in [5.41, 5.74) is 3.82. The molecule has 110 valence electrons. The first-order valence-electron chi connectivity index (χ1n) is 7.13. The maximum absolute atomic E-state index is 4.54. The standard InChI is InChI=1S/C15H22BrN3S/c1-4-6-17-14(11-7-15(16)20-10-11)9-13-8-12(5-2)18-19(13)3/h7-8,10,14,17H,4-6,9H2,1-3H3. The molecule has 2 rings (SSSR count). The molecule has 0 aliphatic heterocycles. The van der Waals surface area contributed by atoms with Crippen molar-refractivity contribution in [2.75, 3.05) is 6.54 Å². The van der Waals surface area contributed by atoms with E-state index in [1.54, 1.807) is 11.3 Å². The first-order chi connectivity index (χ1) is 9.63. The molecule has 20 heavy (non-hydrogen) atoms. The van der Waals surface area contributed by atoms with E-state index >= 15 is 0 Å². The van der Waals surface area contributed by atoms with Crippen LogP contribution in [-0.2, 0) is 19.9 Å². The fourth-order valence-corrected chi connectivity index (χ4v) is 3.51. The van der Waals surface area contributed by atoms with E-state index < -0.39 is 0 Å². The molecule has 0 spiro atoms. The van der Waals surface area contributed by atoms with Crippen molar-refractivity contribution in [2.45, 2.75) is 39.2 Å². The minimum absolute atomic E-state index is 0.359. The lowest BCUT2D eigenvalue weighted by molar-refractivity contribution is 0.513. The van der Waals surface area contributed by atoms with E-state index in [1.165, 1.54) is 20.7 Å². The van der Waals surface area contributed by atoms with E-state index in [4.69, 9.17) is 0 Å². The van der Waals surface area contributed by atoms with E-state index in [9.17, 15) is 0 Å². The summed E-state index contributed by atoms with van der Waals surface area (Å²) in [6.07, 6.45) is 3.12. The third-order valence-corrected chi connectivity index (χ3v) is 4.96. The van der Waals surface area contributed by atoms with Crippen molar-refractivity contribution >= 4 is 27.3 Å². The number of hydrogen-bond donors (Lipinski definition) is 1. The predicted octanol–water partition coefficient (Wildman–Crippen LogP) is 4.09. The zero-order valence-corrected chi connectivity index (χ0v) is 14.7. The summed E-state index contributed by atoms with van der Waals surface area (Å²) < 4.78 is 3.20. The molecule has 2 aromatic rings. The van der Waals surface area contributed by atoms with Crippen LogP contribution in [-0.4, -0.2) is 16.3 Å². The third kappa shape index (κ3) is 3.93. The lowest BCUT2D eigenvalue weighted by Gasteiger charge is -2.17. The van der Waals surface area contributed by atoms with Gasteiger partial charge >= 0.3 is 0 Å². The van der Waals surface area contributed by atoms with Gasteiger partial charge in [-0.1, -0.05) is 13.8 Å². The van der Waals surface area contributed by atoms with Gasteiger partial charge in [-0.2, -0.15) is 5.10 Å². The Morgan fingerprint density at radius 2 is 2.20 bits per heavy atom. The Morgan fingerprint density at radius 3 is 2.75 bits per heavy atom. The summed E-state index contributed by atoms with van der Waals surface area (Å²) in [7, 11) is 2.04. The summed E-state index contributed by atoms with van der Waals surface area (Å²) in [6, 6.07) is 4.80. The Balaban J connectivity index is 2.16. The molecular weight excluding hydrogens is 334 g/mol. The van der Waals surface area contributed by atoms with Crippen molar-refractivity contribution in [1.29, 1.82) is 0 Å². The molecule has 0 fully saturated rings. The fraction of sp³-hybridized carbons (Fsp3) is 0.533. The summed E-state index contributed by atoms with van der Waals surface area (Å²) in [6.45, 7) is 5.39. The molecule has 2 aromatic heterocycles. The number of aromatic nitrogens is 2. The molecule has 0 aliphatic rings. The van der Waals surface area contributed by atoms with Crippen molar-refractivity contribution in [2.24, 2.45) is 7.05 Å². The number of rotatable bonds is 7. The number of hydrogen-bond acceptors (Lipinski definition) is 3. The van der Waals surface area contributed by atoms with Crippen LogP contribution >= 0.6 is 27.3 Å². The Morgan fingerprint density at radius 1 is 1.40 bits per heavy atom. The van der Waals surface area contributed by atoms with Gasteiger partial charge in [0.2, 0.25) is 0 Å². The van der Waals surface area contributed by atoms with Gasteiger partial charge in [0.05, 0.1) is 9.48 Å². The van der Waals surface area contributed by atoms with Gasteiger partial charge in [0.1, 0.15) is 0 Å². The van der Waals surface area contributed by atoms with Gasteiger partial charge in [-0.25, -0.2) is 0 Å². The summed E-state index contributed by atoms with van der Waals surface area (Å²) in [5.74, 6) is 0. The smallest absolute Gasteiger partial charge is 0.0701 e. The quantitative estimate of drug-likeness (QED) is 0.810. The van der Waals surface area contributed by atoms with Crippen LogP contribution in [0.25, 0.3) is 0 Å². The SMILES string of the molecule is CCCNC(Cc1cc(CC)nn1C)c1csc(Br)c1. The normalized spacial score (nSPS) is 12.8. The van der Waals surface area contributed by atoms with Gasteiger partial charge in [-0.15, -0.1) is 11.3 Å². The van der Waals surface area contributed by atoms with Crippen molar-refractivity contribution in [3.05, 3.63) is 38.3 Å². The molecule has 2 heterocycles. The Hall–Kier alpha value is -0.650. The lowest BCUT2D eigenvalue weighted by atomic mass is 10.0. The van der Waals surface area contributed by atoms with Crippen LogP contribution in [0.5, 0.6) is 0 Å². The largest absolute Gasteiger partial charge is 0.310 e. The molecule has 0 saturated heterocycles. The number of nitrogens with zero attached hydrogens (tertiary/aromatic N) is 2. The Bertz CT molecular complexity index is 547. The first-order valence-corrected chi connectivity index (χ1v) is 8.80. The molecule has 0 saturated carbocycles. The highest BCUT2D eigenvalue weighted by Crippen LogP contribution is 2.27. The van der Waals surface area contributed by atoms with Crippen LogP contribution in [0.4, 0.5) is 0 Å². The number of nitrogens with one attached hydrogen (secondary N) is 1. The molecule has 1 N–H and O–H groups in total. The van der Waals surface area contributed by atoms with Crippen LogP contribution in [0.3, 0.4) is 0 Å². The van der Waals surface area contributed by atoms with E-state index in [2.05, 4.69) is 57.7 Å². The number of aryl methyl sites for hydroxylation is 2. The molecule has 0 aromatic carbocycles.